The molecule has 0 aliphatic carbocycles. The molecule has 0 unspecified atom stereocenters. The monoisotopic (exact) mass is 330 g/mol. The lowest BCUT2D eigenvalue weighted by molar-refractivity contribution is 0.179. The zero-order valence-corrected chi connectivity index (χ0v) is 17.8. The molecule has 0 spiro atoms. The summed E-state index contributed by atoms with van der Waals surface area (Å²) in [6, 6.07) is 1.28. The van der Waals surface area contributed by atoms with E-state index in [2.05, 4.69) is 56.4 Å². The van der Waals surface area contributed by atoms with Gasteiger partial charge in [-0.05, 0) is 37.1 Å². The lowest BCUT2D eigenvalue weighted by atomic mass is 10.2. The van der Waals surface area contributed by atoms with Gasteiger partial charge in [-0.1, -0.05) is 33.9 Å². The second-order valence-electron chi connectivity index (χ2n) is 8.71. The maximum Gasteiger partial charge on any atom is 0.186 e. The normalized spacial score (nSPS) is 20.0. The highest BCUT2D eigenvalue weighted by Crippen LogP contribution is 2.38. The van der Waals surface area contributed by atoms with Gasteiger partial charge in [0, 0.05) is 33.3 Å². The molecule has 0 atom stereocenters. The highest BCUT2D eigenvalue weighted by molar-refractivity contribution is 6.77. The third-order valence-corrected chi connectivity index (χ3v) is 14.2. The summed E-state index contributed by atoms with van der Waals surface area (Å²) in [7, 11) is -0.788. The first-order valence-electron chi connectivity index (χ1n) is 8.52. The van der Waals surface area contributed by atoms with Gasteiger partial charge in [-0.3, -0.25) is 0 Å². The average molecular weight is 331 g/mol. The minimum atomic E-state index is -1.36. The molecule has 5 heteroatoms. The molecular formula is C16H38N2OSi2. The Labute approximate surface area is 135 Å². The van der Waals surface area contributed by atoms with E-state index in [9.17, 15) is 0 Å². The molecular weight excluding hydrogens is 292 g/mol. The van der Waals surface area contributed by atoms with E-state index in [0.717, 1.165) is 0 Å². The summed E-state index contributed by atoms with van der Waals surface area (Å²) >= 11 is 0. The lowest BCUT2D eigenvalue weighted by Crippen LogP contribution is -2.61. The van der Waals surface area contributed by atoms with Gasteiger partial charge in [-0.15, -0.1) is 0 Å². The van der Waals surface area contributed by atoms with Gasteiger partial charge in [-0.2, -0.15) is 0 Å². The van der Waals surface area contributed by atoms with Crippen LogP contribution in [0.4, 0.5) is 0 Å². The second kappa shape index (κ2) is 7.26. The molecule has 1 fully saturated rings. The van der Waals surface area contributed by atoms with Gasteiger partial charge in [0.2, 0.25) is 0 Å². The van der Waals surface area contributed by atoms with E-state index >= 15 is 0 Å². The molecule has 0 aromatic rings. The molecule has 1 aliphatic rings. The Kier molecular flexibility index (Phi) is 6.69. The van der Waals surface area contributed by atoms with E-state index in [1.807, 2.05) is 7.11 Å². The smallest absolute Gasteiger partial charge is 0.186 e. The molecule has 0 radical (unpaired) electrons. The Morgan fingerprint density at radius 3 is 1.90 bits per heavy atom. The minimum Gasteiger partial charge on any atom is -0.420 e. The molecule has 0 N–H and O–H groups in total. The van der Waals surface area contributed by atoms with Crippen LogP contribution in [0.3, 0.4) is 0 Å². The molecule has 1 rings (SSSR count). The van der Waals surface area contributed by atoms with E-state index in [-0.39, 0.29) is 0 Å². The minimum absolute atomic E-state index is 0.462. The number of hydrogen-bond donors (Lipinski definition) is 0. The molecule has 1 heterocycles. The van der Waals surface area contributed by atoms with Crippen LogP contribution in [0.25, 0.3) is 0 Å². The Hall–Kier alpha value is 0.314. The van der Waals surface area contributed by atoms with Crippen molar-refractivity contribution in [1.82, 2.24) is 9.47 Å². The van der Waals surface area contributed by atoms with Gasteiger partial charge in [0.05, 0.1) is 0 Å². The van der Waals surface area contributed by atoms with Gasteiger partial charge in [0.1, 0.15) is 8.24 Å². The van der Waals surface area contributed by atoms with Crippen LogP contribution in [-0.2, 0) is 4.43 Å². The first-order chi connectivity index (χ1) is 9.49. The van der Waals surface area contributed by atoms with Gasteiger partial charge in [0.25, 0.3) is 0 Å². The average Bonchev–Trinajstić information content (AvgIpc) is 2.38. The predicted octanol–water partition coefficient (Wildman–Crippen LogP) is 3.85. The number of hydrogen-bond acceptors (Lipinski definition) is 3. The van der Waals surface area contributed by atoms with Crippen LogP contribution in [0.1, 0.15) is 27.2 Å². The van der Waals surface area contributed by atoms with Gasteiger partial charge in [-0.25, -0.2) is 0 Å². The number of rotatable bonds is 6. The topological polar surface area (TPSA) is 15.7 Å². The largest absolute Gasteiger partial charge is 0.420 e. The Balaban J connectivity index is 2.36. The molecule has 0 aromatic carbocycles. The fourth-order valence-electron chi connectivity index (χ4n) is 2.84. The summed E-state index contributed by atoms with van der Waals surface area (Å²) in [6.07, 6.45) is 1.30. The fourth-order valence-corrected chi connectivity index (χ4v) is 6.32. The summed E-state index contributed by atoms with van der Waals surface area (Å²) < 4.78 is 8.46. The van der Waals surface area contributed by atoms with E-state index in [1.54, 1.807) is 0 Å². The number of piperazine rings is 1. The summed E-state index contributed by atoms with van der Waals surface area (Å²) in [5.41, 5.74) is 0. The molecule has 1 saturated heterocycles. The first kappa shape index (κ1) is 19.4. The van der Waals surface area contributed by atoms with Gasteiger partial charge < -0.3 is 13.9 Å². The van der Waals surface area contributed by atoms with E-state index in [1.165, 1.54) is 45.2 Å². The van der Waals surface area contributed by atoms with Crippen LogP contribution in [0.2, 0.25) is 37.3 Å². The summed E-state index contributed by atoms with van der Waals surface area (Å²) in [4.78, 5) is 2.66. The number of nitrogens with zero attached hydrogens (tertiary/aromatic N) is 2. The Morgan fingerprint density at radius 2 is 1.48 bits per heavy atom. The molecule has 1 aliphatic heterocycles. The Morgan fingerprint density at radius 1 is 0.952 bits per heavy atom. The quantitative estimate of drug-likeness (QED) is 0.688. The van der Waals surface area contributed by atoms with Crippen LogP contribution in [0, 0.1) is 0 Å². The molecule has 0 amide bonds. The zero-order chi connectivity index (χ0) is 16.3. The van der Waals surface area contributed by atoms with Crippen molar-refractivity contribution in [3.8, 4) is 0 Å². The molecule has 3 nitrogen and oxygen atoms in total. The first-order valence-corrected chi connectivity index (χ1v) is 14.6. The van der Waals surface area contributed by atoms with Crippen molar-refractivity contribution in [3.05, 3.63) is 0 Å². The molecule has 21 heavy (non-hydrogen) atoms. The maximum absolute atomic E-state index is 5.64. The third-order valence-electron chi connectivity index (χ3n) is 5.80. The molecule has 126 valence electrons. The van der Waals surface area contributed by atoms with Crippen molar-refractivity contribution < 1.29 is 4.43 Å². The summed E-state index contributed by atoms with van der Waals surface area (Å²) in [5.74, 6) is 0. The van der Waals surface area contributed by atoms with Crippen molar-refractivity contribution in [2.24, 2.45) is 0 Å². The lowest BCUT2D eigenvalue weighted by Gasteiger charge is -2.49. The maximum atomic E-state index is 5.64. The second-order valence-corrected chi connectivity index (χ2v) is 18.4. The van der Waals surface area contributed by atoms with Crippen molar-refractivity contribution in [2.45, 2.75) is 64.5 Å². The van der Waals surface area contributed by atoms with Crippen LogP contribution in [0.5, 0.6) is 0 Å². The van der Waals surface area contributed by atoms with E-state index in [4.69, 9.17) is 4.43 Å². The highest BCUT2D eigenvalue weighted by atomic mass is 28.4. The highest BCUT2D eigenvalue weighted by Gasteiger charge is 2.41. The third kappa shape index (κ3) is 5.46. The van der Waals surface area contributed by atoms with Crippen LogP contribution < -0.4 is 0 Å². The predicted molar refractivity (Wildman–Crippen MR) is 99.1 cm³/mol. The van der Waals surface area contributed by atoms with Crippen LogP contribution in [0.15, 0.2) is 0 Å². The van der Waals surface area contributed by atoms with Crippen LogP contribution in [-0.4, -0.2) is 65.9 Å². The zero-order valence-electron chi connectivity index (χ0n) is 15.8. The fraction of sp³-hybridized carbons (Fsp3) is 1.00. The summed E-state index contributed by atoms with van der Waals surface area (Å²) in [5, 5.41) is 0.462. The molecule has 0 saturated carbocycles. The van der Waals surface area contributed by atoms with E-state index < -0.39 is 16.6 Å². The van der Waals surface area contributed by atoms with Crippen molar-refractivity contribution >= 4 is 16.6 Å². The van der Waals surface area contributed by atoms with Crippen LogP contribution >= 0.6 is 0 Å². The van der Waals surface area contributed by atoms with Crippen molar-refractivity contribution in [3.63, 3.8) is 0 Å². The van der Waals surface area contributed by atoms with Crippen molar-refractivity contribution in [1.29, 1.82) is 0 Å². The summed E-state index contributed by atoms with van der Waals surface area (Å²) in [6.45, 7) is 23.3. The molecule has 0 bridgehead atoms. The SMILES string of the molecule is CO[Si](C)(C)CCCN1CCN([Si](C)(C)C(C)(C)C)CC1. The Bertz CT molecular complexity index is 319. The van der Waals surface area contributed by atoms with Gasteiger partial charge in [0.15, 0.2) is 8.32 Å². The van der Waals surface area contributed by atoms with Gasteiger partial charge >= 0.3 is 0 Å². The standard InChI is InChI=1S/C16H38N2OSi2/c1-16(2,3)21(7,8)18-13-11-17(12-14-18)10-9-15-20(5,6)19-4/h9-15H2,1-8H3. The molecule has 0 aromatic heterocycles. The van der Waals surface area contributed by atoms with Crippen molar-refractivity contribution in [2.75, 3.05) is 39.8 Å². The van der Waals surface area contributed by atoms with E-state index in [0.29, 0.717) is 5.04 Å².